The highest BCUT2D eigenvalue weighted by Crippen LogP contribution is 2.19. The van der Waals surface area contributed by atoms with Gasteiger partial charge in [-0.3, -0.25) is 0 Å². The molecule has 0 unspecified atom stereocenters. The Labute approximate surface area is 117 Å². The molecule has 0 heterocycles. The van der Waals surface area contributed by atoms with Gasteiger partial charge in [-0.2, -0.15) is 0 Å². The van der Waals surface area contributed by atoms with Crippen molar-refractivity contribution < 1.29 is 0 Å². The molecule has 0 amide bonds. The van der Waals surface area contributed by atoms with Crippen molar-refractivity contribution in [2.75, 3.05) is 20.6 Å². The summed E-state index contributed by atoms with van der Waals surface area (Å²) >= 11 is 0. The van der Waals surface area contributed by atoms with E-state index in [2.05, 4.69) is 88.3 Å². The van der Waals surface area contributed by atoms with E-state index >= 15 is 0 Å². The lowest BCUT2D eigenvalue weighted by Gasteiger charge is -2.02. The summed E-state index contributed by atoms with van der Waals surface area (Å²) in [4.78, 5) is 2.12. The first-order valence-corrected chi connectivity index (χ1v) is 6.81. The second kappa shape index (κ2) is 7.75. The van der Waals surface area contributed by atoms with Gasteiger partial charge in [-0.25, -0.2) is 0 Å². The number of hydrogen-bond acceptors (Lipinski definition) is 1. The Morgan fingerprint density at radius 1 is 0.684 bits per heavy atom. The molecule has 1 heteroatoms. The van der Waals surface area contributed by atoms with E-state index in [0.29, 0.717) is 0 Å². The maximum Gasteiger partial charge on any atom is -0.00533 e. The van der Waals surface area contributed by atoms with Crippen LogP contribution in [-0.4, -0.2) is 25.5 Å². The van der Waals surface area contributed by atoms with Crippen LogP contribution in [-0.2, 0) is 0 Å². The molecule has 0 bridgehead atoms. The fourth-order valence-electron chi connectivity index (χ4n) is 1.49. The largest absolute Gasteiger partial charge is 0.310 e. The van der Waals surface area contributed by atoms with Crippen LogP contribution >= 0.6 is 0 Å². The summed E-state index contributed by atoms with van der Waals surface area (Å²) in [6, 6.07) is 17.3. The summed E-state index contributed by atoms with van der Waals surface area (Å²) < 4.78 is 0. The molecule has 1 nitrogen and oxygen atoms in total. The number of hydrogen-bond donors (Lipinski definition) is 0. The van der Waals surface area contributed by atoms with Crippen molar-refractivity contribution in [3.63, 3.8) is 0 Å². The summed E-state index contributed by atoms with van der Waals surface area (Å²) in [6.07, 6.45) is 0. The van der Waals surface area contributed by atoms with E-state index in [-0.39, 0.29) is 0 Å². The Bertz CT molecular complexity index is 423. The normalized spacial score (nSPS) is 10.0. The molecule has 0 fully saturated rings. The molecule has 0 N–H and O–H groups in total. The first-order chi connectivity index (χ1) is 9.02. The molecular formula is C18H25N. The van der Waals surface area contributed by atoms with E-state index < -0.39 is 0 Å². The minimum absolute atomic E-state index is 1.14. The van der Waals surface area contributed by atoms with Crippen molar-refractivity contribution in [2.45, 2.75) is 20.8 Å². The van der Waals surface area contributed by atoms with Gasteiger partial charge in [0, 0.05) is 0 Å². The molecule has 0 atom stereocenters. The monoisotopic (exact) mass is 255 g/mol. The highest BCUT2D eigenvalue weighted by Gasteiger charge is 1.95. The average molecular weight is 255 g/mol. The van der Waals surface area contributed by atoms with E-state index in [0.717, 1.165) is 6.54 Å². The summed E-state index contributed by atoms with van der Waals surface area (Å²) in [5, 5.41) is 0. The molecule has 19 heavy (non-hydrogen) atoms. The molecule has 0 spiro atoms. The summed E-state index contributed by atoms with van der Waals surface area (Å²) in [5.41, 5.74) is 5.19. The second-order valence-electron chi connectivity index (χ2n) is 5.13. The van der Waals surface area contributed by atoms with Crippen molar-refractivity contribution in [1.82, 2.24) is 4.90 Å². The second-order valence-corrected chi connectivity index (χ2v) is 5.13. The van der Waals surface area contributed by atoms with Gasteiger partial charge in [-0.05, 0) is 45.6 Å². The third kappa shape index (κ3) is 5.71. The molecule has 2 rings (SSSR count). The molecule has 2 aromatic rings. The number of nitrogens with zero attached hydrogens (tertiary/aromatic N) is 1. The van der Waals surface area contributed by atoms with Gasteiger partial charge in [0.2, 0.25) is 0 Å². The average Bonchev–Trinajstić information content (AvgIpc) is 2.41. The van der Waals surface area contributed by atoms with E-state index in [1.54, 1.807) is 0 Å². The van der Waals surface area contributed by atoms with Gasteiger partial charge in [-0.15, -0.1) is 0 Å². The van der Waals surface area contributed by atoms with Crippen LogP contribution in [0.4, 0.5) is 0 Å². The molecule has 0 radical (unpaired) electrons. The molecule has 0 saturated carbocycles. The topological polar surface area (TPSA) is 3.24 Å². The zero-order valence-corrected chi connectivity index (χ0v) is 12.8. The van der Waals surface area contributed by atoms with Crippen LogP contribution in [0.25, 0.3) is 11.1 Å². The van der Waals surface area contributed by atoms with Crippen LogP contribution in [0.3, 0.4) is 0 Å². The van der Waals surface area contributed by atoms with Crippen molar-refractivity contribution in [3.8, 4) is 11.1 Å². The molecule has 0 aliphatic heterocycles. The highest BCUT2D eigenvalue weighted by atomic mass is 15.0. The van der Waals surface area contributed by atoms with Crippen molar-refractivity contribution >= 4 is 0 Å². The minimum atomic E-state index is 1.14. The number of rotatable bonds is 2. The lowest BCUT2D eigenvalue weighted by molar-refractivity contribution is 0.434. The Hall–Kier alpha value is -1.60. The van der Waals surface area contributed by atoms with Crippen molar-refractivity contribution in [1.29, 1.82) is 0 Å². The van der Waals surface area contributed by atoms with Crippen LogP contribution in [0.5, 0.6) is 0 Å². The smallest absolute Gasteiger partial charge is 0.00533 e. The number of aryl methyl sites for hydroxylation is 2. The molecular weight excluding hydrogens is 230 g/mol. The van der Waals surface area contributed by atoms with Crippen LogP contribution in [0.1, 0.15) is 18.1 Å². The Balaban J connectivity index is 0.000000312. The SMILES string of the molecule is CCN(C)C.Cc1ccc(-c2ccc(C)cc2)cc1. The Kier molecular flexibility index (Phi) is 6.31. The minimum Gasteiger partial charge on any atom is -0.310 e. The Morgan fingerprint density at radius 3 is 1.16 bits per heavy atom. The predicted molar refractivity (Wildman–Crippen MR) is 85.6 cm³/mol. The van der Waals surface area contributed by atoms with Gasteiger partial charge in [0.1, 0.15) is 0 Å². The maximum absolute atomic E-state index is 2.17. The van der Waals surface area contributed by atoms with Crippen LogP contribution in [0, 0.1) is 13.8 Å². The summed E-state index contributed by atoms with van der Waals surface area (Å²) in [7, 11) is 4.11. The van der Waals surface area contributed by atoms with Crippen LogP contribution in [0.15, 0.2) is 48.5 Å². The third-order valence-electron chi connectivity index (χ3n) is 3.07. The fourth-order valence-corrected chi connectivity index (χ4v) is 1.49. The first-order valence-electron chi connectivity index (χ1n) is 6.81. The summed E-state index contributed by atoms with van der Waals surface area (Å²) in [6.45, 7) is 7.48. The van der Waals surface area contributed by atoms with Gasteiger partial charge in [0.15, 0.2) is 0 Å². The van der Waals surface area contributed by atoms with E-state index in [1.807, 2.05) is 0 Å². The quantitative estimate of drug-likeness (QED) is 0.761. The lowest BCUT2D eigenvalue weighted by atomic mass is 10.0. The zero-order chi connectivity index (χ0) is 14.3. The molecule has 0 aromatic heterocycles. The lowest BCUT2D eigenvalue weighted by Crippen LogP contribution is -2.08. The third-order valence-corrected chi connectivity index (χ3v) is 3.07. The standard InChI is InChI=1S/C14H14.C4H11N/c1-11-3-7-13(8-4-11)14-9-5-12(2)6-10-14;1-4-5(2)3/h3-10H,1-2H3;4H2,1-3H3. The van der Waals surface area contributed by atoms with Gasteiger partial charge >= 0.3 is 0 Å². The zero-order valence-electron chi connectivity index (χ0n) is 12.8. The van der Waals surface area contributed by atoms with Gasteiger partial charge < -0.3 is 4.90 Å². The van der Waals surface area contributed by atoms with Crippen molar-refractivity contribution in [2.24, 2.45) is 0 Å². The van der Waals surface area contributed by atoms with E-state index in [4.69, 9.17) is 0 Å². The molecule has 0 aliphatic carbocycles. The maximum atomic E-state index is 2.17. The van der Waals surface area contributed by atoms with Crippen LogP contribution in [0.2, 0.25) is 0 Å². The summed E-state index contributed by atoms with van der Waals surface area (Å²) in [5.74, 6) is 0. The highest BCUT2D eigenvalue weighted by molar-refractivity contribution is 5.63. The first kappa shape index (κ1) is 15.5. The molecule has 0 saturated heterocycles. The van der Waals surface area contributed by atoms with E-state index in [1.165, 1.54) is 22.3 Å². The fraction of sp³-hybridized carbons (Fsp3) is 0.333. The van der Waals surface area contributed by atoms with Crippen LogP contribution < -0.4 is 0 Å². The van der Waals surface area contributed by atoms with Crippen molar-refractivity contribution in [3.05, 3.63) is 59.7 Å². The van der Waals surface area contributed by atoms with E-state index in [9.17, 15) is 0 Å². The van der Waals surface area contributed by atoms with Gasteiger partial charge in [0.25, 0.3) is 0 Å². The van der Waals surface area contributed by atoms with Gasteiger partial charge in [0.05, 0.1) is 0 Å². The Morgan fingerprint density at radius 2 is 0.947 bits per heavy atom. The van der Waals surface area contributed by atoms with Gasteiger partial charge in [-0.1, -0.05) is 66.6 Å². The number of benzene rings is 2. The molecule has 102 valence electrons. The predicted octanol–water partition coefficient (Wildman–Crippen LogP) is 4.54. The molecule has 0 aliphatic rings. The molecule has 2 aromatic carbocycles.